The van der Waals surface area contributed by atoms with Crippen LogP contribution in [-0.2, 0) is 10.0 Å². The smallest absolute Gasteiger partial charge is 0.267 e. The lowest BCUT2D eigenvalue weighted by atomic mass is 10.0. The number of aromatic nitrogens is 2. The summed E-state index contributed by atoms with van der Waals surface area (Å²) in [6.07, 6.45) is 1.72. The maximum absolute atomic E-state index is 13.2. The predicted molar refractivity (Wildman–Crippen MR) is 132 cm³/mol. The van der Waals surface area contributed by atoms with Crippen molar-refractivity contribution in [1.29, 1.82) is 0 Å². The van der Waals surface area contributed by atoms with Gasteiger partial charge in [-0.05, 0) is 75.4 Å². The van der Waals surface area contributed by atoms with Gasteiger partial charge in [0, 0.05) is 30.3 Å². The molecule has 3 aromatic rings. The van der Waals surface area contributed by atoms with Crippen molar-refractivity contribution in [3.05, 3.63) is 81.1 Å². The van der Waals surface area contributed by atoms with Crippen molar-refractivity contribution in [3.8, 4) is 11.3 Å². The summed E-state index contributed by atoms with van der Waals surface area (Å²) in [7, 11) is -3.61. The van der Waals surface area contributed by atoms with Crippen LogP contribution in [0.25, 0.3) is 11.3 Å². The van der Waals surface area contributed by atoms with Crippen LogP contribution >= 0.6 is 0 Å². The van der Waals surface area contributed by atoms with Crippen LogP contribution in [0.3, 0.4) is 0 Å². The summed E-state index contributed by atoms with van der Waals surface area (Å²) in [4.78, 5) is 25.9. The van der Waals surface area contributed by atoms with Gasteiger partial charge in [0.25, 0.3) is 5.56 Å². The summed E-state index contributed by atoms with van der Waals surface area (Å²) in [6, 6.07) is 12.7. The summed E-state index contributed by atoms with van der Waals surface area (Å²) in [6.45, 7) is 8.37. The Balaban J connectivity index is 1.71. The molecule has 0 saturated carbocycles. The molecule has 0 bridgehead atoms. The van der Waals surface area contributed by atoms with E-state index in [9.17, 15) is 18.0 Å². The zero-order valence-corrected chi connectivity index (χ0v) is 20.7. The van der Waals surface area contributed by atoms with Gasteiger partial charge in [0.15, 0.2) is 5.78 Å². The average molecular weight is 480 g/mol. The Hall–Kier alpha value is -3.10. The molecule has 34 heavy (non-hydrogen) atoms. The topological polar surface area (TPSA) is 89.3 Å². The Morgan fingerprint density at radius 3 is 2.26 bits per heavy atom. The van der Waals surface area contributed by atoms with E-state index in [1.54, 1.807) is 44.2 Å². The van der Waals surface area contributed by atoms with Crippen LogP contribution in [0, 0.1) is 20.8 Å². The lowest BCUT2D eigenvalue weighted by Crippen LogP contribution is -2.30. The van der Waals surface area contributed by atoms with Gasteiger partial charge in [0.2, 0.25) is 10.0 Å². The average Bonchev–Trinajstić information content (AvgIpc) is 3.37. The molecule has 1 aliphatic rings. The van der Waals surface area contributed by atoms with E-state index in [0.717, 1.165) is 24.0 Å². The van der Waals surface area contributed by atoms with Gasteiger partial charge < -0.3 is 0 Å². The molecule has 1 unspecified atom stereocenters. The second-order valence-electron chi connectivity index (χ2n) is 8.93. The van der Waals surface area contributed by atoms with Gasteiger partial charge in [-0.2, -0.15) is 9.40 Å². The van der Waals surface area contributed by atoms with Crippen molar-refractivity contribution in [3.63, 3.8) is 0 Å². The van der Waals surface area contributed by atoms with Crippen molar-refractivity contribution < 1.29 is 13.2 Å². The molecule has 1 saturated heterocycles. The molecular weight excluding hydrogens is 450 g/mol. The Kier molecular flexibility index (Phi) is 6.55. The molecule has 7 nitrogen and oxygen atoms in total. The molecule has 0 radical (unpaired) electrons. The van der Waals surface area contributed by atoms with Crippen LogP contribution in [0.5, 0.6) is 0 Å². The minimum atomic E-state index is -3.61. The monoisotopic (exact) mass is 479 g/mol. The highest BCUT2D eigenvalue weighted by Gasteiger charge is 2.29. The zero-order chi connectivity index (χ0) is 24.6. The molecule has 178 valence electrons. The third kappa shape index (κ3) is 4.48. The van der Waals surface area contributed by atoms with Gasteiger partial charge in [-0.1, -0.05) is 24.3 Å². The Morgan fingerprint density at radius 2 is 1.59 bits per heavy atom. The fraction of sp³-hybridized carbons (Fsp3) is 0.346. The first kappa shape index (κ1) is 24.0. The van der Waals surface area contributed by atoms with Crippen molar-refractivity contribution in [2.45, 2.75) is 51.5 Å². The second kappa shape index (κ2) is 9.27. The minimum Gasteiger partial charge on any atom is -0.292 e. The van der Waals surface area contributed by atoms with Crippen LogP contribution in [0.15, 0.2) is 58.2 Å². The Morgan fingerprint density at radius 1 is 0.912 bits per heavy atom. The van der Waals surface area contributed by atoms with Crippen molar-refractivity contribution in [1.82, 2.24) is 14.1 Å². The highest BCUT2D eigenvalue weighted by Crippen LogP contribution is 2.28. The number of rotatable bonds is 6. The van der Waals surface area contributed by atoms with Gasteiger partial charge in [0.05, 0.1) is 10.6 Å². The van der Waals surface area contributed by atoms with Crippen molar-refractivity contribution >= 4 is 15.8 Å². The first-order valence-electron chi connectivity index (χ1n) is 11.4. The second-order valence-corrected chi connectivity index (χ2v) is 10.8. The summed E-state index contributed by atoms with van der Waals surface area (Å²) in [5.41, 5.74) is 3.86. The number of aryl methyl sites for hydroxylation is 3. The third-order valence-electron chi connectivity index (χ3n) is 6.53. The van der Waals surface area contributed by atoms with Gasteiger partial charge in [0.1, 0.15) is 6.04 Å². The van der Waals surface area contributed by atoms with Gasteiger partial charge in [-0.15, -0.1) is 0 Å². The number of hydrogen-bond donors (Lipinski definition) is 0. The van der Waals surface area contributed by atoms with E-state index in [4.69, 9.17) is 0 Å². The normalized spacial score (nSPS) is 15.4. The number of Topliss-reactive ketones (excluding diaryl/α,β-unsaturated/α-hetero) is 1. The molecule has 1 fully saturated rings. The molecule has 8 heteroatoms. The van der Waals surface area contributed by atoms with Crippen molar-refractivity contribution in [2.75, 3.05) is 13.1 Å². The molecule has 4 rings (SSSR count). The maximum atomic E-state index is 13.2. The summed E-state index contributed by atoms with van der Waals surface area (Å²) in [5.74, 6) is -0.212. The number of carbonyl (C=O) groups excluding carboxylic acids is 1. The molecule has 2 aromatic carbocycles. The lowest BCUT2D eigenvalue weighted by Gasteiger charge is -2.18. The first-order valence-corrected chi connectivity index (χ1v) is 12.9. The molecule has 2 heterocycles. The van der Waals surface area contributed by atoms with Crippen molar-refractivity contribution in [2.24, 2.45) is 0 Å². The number of nitrogens with zero attached hydrogens (tertiary/aromatic N) is 3. The quantitative estimate of drug-likeness (QED) is 0.498. The summed E-state index contributed by atoms with van der Waals surface area (Å²) in [5, 5.41) is 4.45. The van der Waals surface area contributed by atoms with Crippen LogP contribution in [0.1, 0.15) is 52.9 Å². The Bertz CT molecular complexity index is 1420. The Labute approximate surface area is 200 Å². The standard InChI is InChI=1S/C26H29N3O4S/c1-17-7-10-22(15-19(17)3)26(31)20(4)29-25(30)12-11-23(27-29)21-9-8-18(2)24(16-21)34(32,33)28-13-5-6-14-28/h7-12,15-16,20H,5-6,13-14H2,1-4H3. The minimum absolute atomic E-state index is 0.212. The fourth-order valence-electron chi connectivity index (χ4n) is 4.21. The fourth-order valence-corrected chi connectivity index (χ4v) is 5.98. The molecule has 1 aromatic heterocycles. The van der Waals surface area contributed by atoms with E-state index in [2.05, 4.69) is 5.10 Å². The summed E-state index contributed by atoms with van der Waals surface area (Å²) >= 11 is 0. The number of hydrogen-bond acceptors (Lipinski definition) is 5. The van der Waals surface area contributed by atoms with Crippen LogP contribution in [-0.4, -0.2) is 41.4 Å². The lowest BCUT2D eigenvalue weighted by molar-refractivity contribution is 0.0925. The van der Waals surface area contributed by atoms with Crippen LogP contribution < -0.4 is 5.56 Å². The number of benzene rings is 2. The van der Waals surface area contributed by atoms with E-state index >= 15 is 0 Å². The van der Waals surface area contributed by atoms with Gasteiger partial charge >= 0.3 is 0 Å². The highest BCUT2D eigenvalue weighted by molar-refractivity contribution is 7.89. The largest absolute Gasteiger partial charge is 0.292 e. The van der Waals surface area contributed by atoms with E-state index in [1.165, 1.54) is 15.1 Å². The molecule has 1 aliphatic heterocycles. The molecule has 0 N–H and O–H groups in total. The van der Waals surface area contributed by atoms with E-state index in [1.807, 2.05) is 26.0 Å². The number of carbonyl (C=O) groups is 1. The van der Waals surface area contributed by atoms with E-state index < -0.39 is 21.6 Å². The molecule has 0 amide bonds. The first-order chi connectivity index (χ1) is 16.1. The van der Waals surface area contributed by atoms with E-state index in [0.29, 0.717) is 35.5 Å². The number of sulfonamides is 1. The van der Waals surface area contributed by atoms with E-state index in [-0.39, 0.29) is 10.7 Å². The van der Waals surface area contributed by atoms with Crippen LogP contribution in [0.4, 0.5) is 0 Å². The SMILES string of the molecule is Cc1ccc(C(=O)C(C)n2nc(-c3ccc(C)c(S(=O)(=O)N4CCCC4)c3)ccc2=O)cc1C. The number of ketones is 1. The molecular formula is C26H29N3O4S. The van der Waals surface area contributed by atoms with Gasteiger partial charge in [-0.3, -0.25) is 9.59 Å². The zero-order valence-electron chi connectivity index (χ0n) is 19.9. The summed E-state index contributed by atoms with van der Waals surface area (Å²) < 4.78 is 29.0. The highest BCUT2D eigenvalue weighted by atomic mass is 32.2. The molecule has 0 aliphatic carbocycles. The molecule has 0 spiro atoms. The van der Waals surface area contributed by atoms with Gasteiger partial charge in [-0.25, -0.2) is 13.1 Å². The molecule has 1 atom stereocenters. The third-order valence-corrected chi connectivity index (χ3v) is 8.57. The van der Waals surface area contributed by atoms with Crippen LogP contribution in [0.2, 0.25) is 0 Å². The maximum Gasteiger partial charge on any atom is 0.267 e. The predicted octanol–water partition coefficient (Wildman–Crippen LogP) is 4.06.